The van der Waals surface area contributed by atoms with Crippen LogP contribution in [0, 0.1) is 0 Å². The van der Waals surface area contributed by atoms with Gasteiger partial charge in [0.05, 0.1) is 19.8 Å². The quantitative estimate of drug-likeness (QED) is 0.475. The van der Waals surface area contributed by atoms with E-state index in [1.807, 2.05) is 30.3 Å². The molecular weight excluding hydrogens is 394 g/mol. The molecule has 0 bridgehead atoms. The zero-order valence-corrected chi connectivity index (χ0v) is 17.2. The van der Waals surface area contributed by atoms with Crippen molar-refractivity contribution in [3.63, 3.8) is 0 Å². The first-order valence-corrected chi connectivity index (χ1v) is 9.66. The van der Waals surface area contributed by atoms with E-state index < -0.39 is 0 Å². The van der Waals surface area contributed by atoms with Crippen LogP contribution >= 0.6 is 0 Å². The third kappa shape index (κ3) is 4.72. The van der Waals surface area contributed by atoms with Crippen LogP contribution in [-0.2, 0) is 6.42 Å². The summed E-state index contributed by atoms with van der Waals surface area (Å²) in [5.41, 5.74) is 3.40. The van der Waals surface area contributed by atoms with Crippen molar-refractivity contribution in [3.05, 3.63) is 89.5 Å². The Kier molecular flexibility index (Phi) is 5.93. The normalized spacial score (nSPS) is 10.5. The summed E-state index contributed by atoms with van der Waals surface area (Å²) in [6.07, 6.45) is 0.804. The summed E-state index contributed by atoms with van der Waals surface area (Å²) in [5.74, 6) is 1.05. The maximum atomic E-state index is 12.6. The van der Waals surface area contributed by atoms with Crippen molar-refractivity contribution in [2.75, 3.05) is 19.5 Å². The molecule has 0 atom stereocenters. The van der Waals surface area contributed by atoms with Crippen molar-refractivity contribution < 1.29 is 18.7 Å². The number of nitrogens with zero attached hydrogens (tertiary/aromatic N) is 2. The van der Waals surface area contributed by atoms with Crippen LogP contribution in [0.4, 0.5) is 6.01 Å². The Hall–Kier alpha value is -4.13. The number of hydrogen-bond acceptors (Lipinski definition) is 6. The van der Waals surface area contributed by atoms with E-state index in [0.29, 0.717) is 22.6 Å². The van der Waals surface area contributed by atoms with Crippen LogP contribution in [0.5, 0.6) is 11.5 Å². The van der Waals surface area contributed by atoms with E-state index in [1.165, 1.54) is 5.56 Å². The summed E-state index contributed by atoms with van der Waals surface area (Å²) in [5, 5.41) is 10.6. The van der Waals surface area contributed by atoms with Crippen molar-refractivity contribution in [2.24, 2.45) is 0 Å². The Morgan fingerprint density at radius 1 is 0.903 bits per heavy atom. The number of ether oxygens (including phenoxy) is 2. The van der Waals surface area contributed by atoms with Gasteiger partial charge in [0, 0.05) is 5.56 Å². The van der Waals surface area contributed by atoms with Gasteiger partial charge >= 0.3 is 6.01 Å². The lowest BCUT2D eigenvalue weighted by atomic mass is 10.0. The highest BCUT2D eigenvalue weighted by Crippen LogP contribution is 2.33. The Balaban J connectivity index is 1.46. The molecule has 0 aliphatic rings. The SMILES string of the molecule is COc1ccc(OC)c(-c2nnc(NC(=O)c3ccc(Cc4ccccc4)cc3)o2)c1. The van der Waals surface area contributed by atoms with Gasteiger partial charge in [0.1, 0.15) is 11.5 Å². The molecule has 0 radical (unpaired) electrons. The van der Waals surface area contributed by atoms with Gasteiger partial charge < -0.3 is 13.9 Å². The second kappa shape index (κ2) is 9.13. The highest BCUT2D eigenvalue weighted by molar-refractivity contribution is 6.03. The average Bonchev–Trinajstić information content (AvgIpc) is 3.28. The highest BCUT2D eigenvalue weighted by atomic mass is 16.5. The molecule has 7 heteroatoms. The first-order chi connectivity index (χ1) is 15.2. The highest BCUT2D eigenvalue weighted by Gasteiger charge is 2.17. The van der Waals surface area contributed by atoms with Crippen LogP contribution in [0.1, 0.15) is 21.5 Å². The molecule has 156 valence electrons. The van der Waals surface area contributed by atoms with Gasteiger partial charge in [-0.15, -0.1) is 5.10 Å². The first kappa shape index (κ1) is 20.2. The van der Waals surface area contributed by atoms with Gasteiger partial charge in [-0.05, 0) is 47.9 Å². The van der Waals surface area contributed by atoms with E-state index in [1.54, 1.807) is 44.6 Å². The van der Waals surface area contributed by atoms with E-state index in [4.69, 9.17) is 13.9 Å². The standard InChI is InChI=1S/C24H21N3O4/c1-29-19-12-13-21(30-2)20(15-19)23-26-27-24(31-23)25-22(28)18-10-8-17(9-11-18)14-16-6-4-3-5-7-16/h3-13,15H,14H2,1-2H3,(H,25,27,28). The second-order valence-corrected chi connectivity index (χ2v) is 6.79. The Morgan fingerprint density at radius 3 is 2.35 bits per heavy atom. The van der Waals surface area contributed by atoms with E-state index in [0.717, 1.165) is 12.0 Å². The lowest BCUT2D eigenvalue weighted by Crippen LogP contribution is -2.12. The maximum Gasteiger partial charge on any atom is 0.322 e. The fourth-order valence-electron chi connectivity index (χ4n) is 3.14. The number of aromatic nitrogens is 2. The molecular formula is C24H21N3O4. The Morgan fingerprint density at radius 2 is 1.65 bits per heavy atom. The zero-order chi connectivity index (χ0) is 21.6. The predicted octanol–water partition coefficient (Wildman–Crippen LogP) is 4.60. The molecule has 31 heavy (non-hydrogen) atoms. The number of hydrogen-bond donors (Lipinski definition) is 1. The molecule has 1 heterocycles. The van der Waals surface area contributed by atoms with Gasteiger partial charge in [-0.2, -0.15) is 0 Å². The van der Waals surface area contributed by atoms with Crippen LogP contribution in [-0.4, -0.2) is 30.3 Å². The summed E-state index contributed by atoms with van der Waals surface area (Å²) >= 11 is 0. The van der Waals surface area contributed by atoms with Crippen molar-refractivity contribution in [1.82, 2.24) is 10.2 Å². The molecule has 4 rings (SSSR count). The molecule has 0 saturated carbocycles. The van der Waals surface area contributed by atoms with Gasteiger partial charge in [-0.25, -0.2) is 0 Å². The van der Waals surface area contributed by atoms with Crippen molar-refractivity contribution in [3.8, 4) is 23.0 Å². The third-order valence-electron chi connectivity index (χ3n) is 4.75. The lowest BCUT2D eigenvalue weighted by Gasteiger charge is -2.07. The van der Waals surface area contributed by atoms with E-state index in [2.05, 4.69) is 27.6 Å². The van der Waals surface area contributed by atoms with E-state index in [9.17, 15) is 4.79 Å². The molecule has 0 saturated heterocycles. The predicted molar refractivity (Wildman–Crippen MR) is 116 cm³/mol. The van der Waals surface area contributed by atoms with Crippen molar-refractivity contribution >= 4 is 11.9 Å². The lowest BCUT2D eigenvalue weighted by molar-refractivity contribution is 0.102. The molecule has 0 aliphatic heterocycles. The third-order valence-corrected chi connectivity index (χ3v) is 4.75. The summed E-state index contributed by atoms with van der Waals surface area (Å²) in [6, 6.07) is 22.8. The number of methoxy groups -OCH3 is 2. The number of carbonyl (C=O) groups excluding carboxylic acids is 1. The molecule has 0 unspecified atom stereocenters. The molecule has 0 spiro atoms. The fourth-order valence-corrected chi connectivity index (χ4v) is 3.14. The molecule has 4 aromatic rings. The summed E-state index contributed by atoms with van der Waals surface area (Å²) in [6.45, 7) is 0. The fraction of sp³-hybridized carbons (Fsp3) is 0.125. The number of rotatable bonds is 7. The number of benzene rings is 3. The first-order valence-electron chi connectivity index (χ1n) is 9.66. The molecule has 0 fully saturated rings. The summed E-state index contributed by atoms with van der Waals surface area (Å²) in [7, 11) is 3.11. The van der Waals surface area contributed by atoms with Crippen LogP contribution in [0.25, 0.3) is 11.5 Å². The van der Waals surface area contributed by atoms with Crippen LogP contribution in [0.3, 0.4) is 0 Å². The Bertz CT molecular complexity index is 1170. The minimum atomic E-state index is -0.334. The zero-order valence-electron chi connectivity index (χ0n) is 17.2. The molecule has 3 aromatic carbocycles. The second-order valence-electron chi connectivity index (χ2n) is 6.79. The van der Waals surface area contributed by atoms with Gasteiger partial charge in [0.2, 0.25) is 0 Å². The smallest absolute Gasteiger partial charge is 0.322 e. The molecule has 0 aliphatic carbocycles. The topological polar surface area (TPSA) is 86.5 Å². The van der Waals surface area contributed by atoms with Crippen molar-refractivity contribution in [2.45, 2.75) is 6.42 Å². The number of nitrogens with one attached hydrogen (secondary N) is 1. The monoisotopic (exact) mass is 415 g/mol. The number of amides is 1. The average molecular weight is 415 g/mol. The summed E-state index contributed by atoms with van der Waals surface area (Å²) < 4.78 is 16.2. The largest absolute Gasteiger partial charge is 0.497 e. The van der Waals surface area contributed by atoms with Crippen LogP contribution < -0.4 is 14.8 Å². The van der Waals surface area contributed by atoms with E-state index >= 15 is 0 Å². The number of carbonyl (C=O) groups is 1. The maximum absolute atomic E-state index is 12.6. The van der Waals surface area contributed by atoms with Crippen LogP contribution in [0.2, 0.25) is 0 Å². The molecule has 1 aromatic heterocycles. The molecule has 1 amide bonds. The Labute approximate surface area is 179 Å². The van der Waals surface area contributed by atoms with Gasteiger partial charge in [0.25, 0.3) is 11.8 Å². The van der Waals surface area contributed by atoms with Crippen LogP contribution in [0.15, 0.2) is 77.2 Å². The van der Waals surface area contributed by atoms with Gasteiger partial charge in [-0.1, -0.05) is 47.6 Å². The van der Waals surface area contributed by atoms with E-state index in [-0.39, 0.29) is 17.8 Å². The number of anilines is 1. The minimum Gasteiger partial charge on any atom is -0.497 e. The van der Waals surface area contributed by atoms with Crippen molar-refractivity contribution in [1.29, 1.82) is 0 Å². The van der Waals surface area contributed by atoms with Gasteiger partial charge in [-0.3, -0.25) is 10.1 Å². The van der Waals surface area contributed by atoms with Gasteiger partial charge in [0.15, 0.2) is 0 Å². The summed E-state index contributed by atoms with van der Waals surface area (Å²) in [4.78, 5) is 12.6. The molecule has 7 nitrogen and oxygen atoms in total. The molecule has 1 N–H and O–H groups in total. The minimum absolute atomic E-state index is 0.00163.